The molecule has 0 radical (unpaired) electrons. The number of nitrogens with zero attached hydrogens (tertiary/aromatic N) is 10. The van der Waals surface area contributed by atoms with Crippen molar-refractivity contribution in [3.05, 3.63) is 77.9 Å². The van der Waals surface area contributed by atoms with Gasteiger partial charge in [-0.3, -0.25) is 32.0 Å². The van der Waals surface area contributed by atoms with Crippen LogP contribution in [0, 0.1) is 18.3 Å². The van der Waals surface area contributed by atoms with E-state index in [0.29, 0.717) is 34.5 Å². The first-order valence-corrected chi connectivity index (χ1v) is 32.1. The summed E-state index contributed by atoms with van der Waals surface area (Å²) in [6.45, 7) is 2.31. The van der Waals surface area contributed by atoms with E-state index in [1.807, 2.05) is 0 Å². The van der Waals surface area contributed by atoms with Crippen molar-refractivity contribution in [3.63, 3.8) is 0 Å². The van der Waals surface area contributed by atoms with E-state index in [2.05, 4.69) is 52.0 Å². The highest BCUT2D eigenvalue weighted by Crippen LogP contribution is 2.47. The van der Waals surface area contributed by atoms with Crippen LogP contribution in [0.1, 0.15) is 30.9 Å². The smallest absolute Gasteiger partial charge is 0.296 e. The van der Waals surface area contributed by atoms with Crippen molar-refractivity contribution in [1.82, 2.24) is 14.4 Å². The van der Waals surface area contributed by atoms with Crippen LogP contribution in [0.3, 0.4) is 0 Å². The Hall–Kier alpha value is -7.74. The molecule has 0 unspecified atom stereocenters. The van der Waals surface area contributed by atoms with Gasteiger partial charge in [0.15, 0.2) is 11.3 Å². The topological polar surface area (TPSA) is 468 Å². The number of azo groups is 3. The van der Waals surface area contributed by atoms with Gasteiger partial charge in [0, 0.05) is 40.3 Å². The molecule has 0 atom stereocenters. The Labute approximate surface area is 472 Å². The van der Waals surface area contributed by atoms with Gasteiger partial charge in [-0.15, -0.1) is 42.4 Å². The number of fused-ring (bicyclic) bond motifs is 6. The molecular formula is C45H39N11O19S7. The number of carbonyl (C=O) groups excluding carboxylic acids is 1. The molecule has 0 fully saturated rings. The summed E-state index contributed by atoms with van der Waals surface area (Å²) < 4.78 is 182. The molecule has 0 saturated carbocycles. The van der Waals surface area contributed by atoms with Gasteiger partial charge in [0.2, 0.25) is 16.9 Å². The number of carbonyl (C=O) groups is 1. The standard InChI is InChI=1S/C45H39N11O19S7/c1-22-27(21-46)43-48-28-8-4-5-9-34(28)56(43)44(58)40(22)54-52-32-18-35(74-3)31(19-36(32)75-10-6-12-78(59,60)61)51-53-33-17-29(47-23(2)57)30(20-37(33)76-11-7-13-79(62,63)64)50-55-45-49-41-39(82(71,72)73)16-25-26(42(41)77-45)14-24(80(65,66)67)15-38(25)81(68,69)70/h4-5,8-9,14-20,58H,6-7,10-13H2,1-3H3,(H,47,57)(H,59,60,61)(H,62,63,64)(H,65,66,67)(H,68,69,70)(H,71,72,73). The molecule has 8 aromatic rings. The maximum Gasteiger partial charge on any atom is 0.296 e. The molecule has 30 nitrogen and oxygen atoms in total. The largest absolute Gasteiger partial charge is 0.494 e. The zero-order chi connectivity index (χ0) is 59.9. The van der Waals surface area contributed by atoms with Crippen LogP contribution in [0.15, 0.2) is 117 Å². The predicted octanol–water partition coefficient (Wildman–Crippen LogP) is 9.12. The molecule has 0 aliphatic carbocycles. The number of anilines is 1. The number of imidazole rings is 1. The highest BCUT2D eigenvalue weighted by molar-refractivity contribution is 7.99. The summed E-state index contributed by atoms with van der Waals surface area (Å²) in [5, 5.41) is 48.4. The minimum atomic E-state index is -5.34. The van der Waals surface area contributed by atoms with Gasteiger partial charge in [-0.25, -0.2) is 9.97 Å². The first-order chi connectivity index (χ1) is 38.3. The Bertz CT molecular complexity index is 4720. The van der Waals surface area contributed by atoms with Crippen molar-refractivity contribution >= 4 is 157 Å². The highest BCUT2D eigenvalue weighted by Gasteiger charge is 2.28. The van der Waals surface area contributed by atoms with Crippen LogP contribution >= 0.6 is 23.1 Å². The Kier molecular flexibility index (Phi) is 17.1. The number of amides is 1. The van der Waals surface area contributed by atoms with E-state index < -0.39 is 110 Å². The van der Waals surface area contributed by atoms with Crippen molar-refractivity contribution in [2.24, 2.45) is 30.7 Å². The zero-order valence-corrected chi connectivity index (χ0v) is 47.6. The van der Waals surface area contributed by atoms with E-state index >= 15 is 0 Å². The minimum Gasteiger partial charge on any atom is -0.494 e. The Morgan fingerprint density at radius 3 is 2.02 bits per heavy atom. The molecule has 0 spiro atoms. The molecule has 0 saturated heterocycles. The van der Waals surface area contributed by atoms with Crippen LogP contribution in [0.4, 0.5) is 39.3 Å². The highest BCUT2D eigenvalue weighted by atomic mass is 32.2. The van der Waals surface area contributed by atoms with Gasteiger partial charge < -0.3 is 19.9 Å². The van der Waals surface area contributed by atoms with Gasteiger partial charge in [-0.1, -0.05) is 23.5 Å². The van der Waals surface area contributed by atoms with E-state index in [1.165, 1.54) is 42.7 Å². The molecule has 7 N–H and O–H groups in total. The van der Waals surface area contributed by atoms with E-state index in [1.54, 1.807) is 24.3 Å². The molecule has 0 aliphatic rings. The lowest BCUT2D eigenvalue weighted by atomic mass is 10.1. The molecule has 430 valence electrons. The SMILES string of the molecule is COc1cc(N=Nc2c(C)c(C#N)c3nc4ccccc4n3c2O)c(OCCCS(=O)(=O)O)cc1N=Nc1cc(NC(C)=O)c(N=Nc2nc3c(S(=O)(=O)O)cc4c(S(=O)(=O)O)cc(S(=O)(=O)O)cc4c3s2)cc1SCCCS(=O)(=O)O. The van der Waals surface area contributed by atoms with Crippen molar-refractivity contribution in [1.29, 1.82) is 5.26 Å². The number of nitrogens with one attached hydrogen (secondary N) is 1. The van der Waals surface area contributed by atoms with E-state index in [9.17, 15) is 80.0 Å². The fourth-order valence-electron chi connectivity index (χ4n) is 7.87. The number of aromatic hydroxyl groups is 1. The van der Waals surface area contributed by atoms with Gasteiger partial charge in [0.05, 0.1) is 51.5 Å². The molecule has 5 aromatic carbocycles. The van der Waals surface area contributed by atoms with Crippen LogP contribution in [-0.4, -0.2) is 121 Å². The number of thioether (sulfide) groups is 1. The van der Waals surface area contributed by atoms with Crippen LogP contribution < -0.4 is 14.8 Å². The Morgan fingerprint density at radius 1 is 0.744 bits per heavy atom. The lowest BCUT2D eigenvalue weighted by Gasteiger charge is -2.13. The number of thiazole rings is 1. The molecule has 3 heterocycles. The number of aromatic nitrogens is 3. The maximum atomic E-state index is 12.7. The van der Waals surface area contributed by atoms with E-state index in [4.69, 9.17) is 9.47 Å². The van der Waals surface area contributed by atoms with Gasteiger partial charge in [-0.05, 0) is 68.0 Å². The first-order valence-electron chi connectivity index (χ1n) is 22.8. The number of rotatable bonds is 21. The van der Waals surface area contributed by atoms with Crippen molar-refractivity contribution in [3.8, 4) is 23.4 Å². The van der Waals surface area contributed by atoms with Crippen LogP contribution in [0.25, 0.3) is 37.7 Å². The van der Waals surface area contributed by atoms with E-state index in [0.717, 1.165) is 24.8 Å². The molecule has 82 heavy (non-hydrogen) atoms. The molecule has 37 heteroatoms. The zero-order valence-electron chi connectivity index (χ0n) is 41.9. The second kappa shape index (κ2) is 23.3. The van der Waals surface area contributed by atoms with Gasteiger partial charge in [0.1, 0.15) is 61.2 Å². The number of ether oxygens (including phenoxy) is 2. The summed E-state index contributed by atoms with van der Waals surface area (Å²) in [5.74, 6) is -2.64. The number of nitriles is 1. The quantitative estimate of drug-likeness (QED) is 0.0152. The Balaban J connectivity index is 1.24. The average Bonchev–Trinajstić information content (AvgIpc) is 3.58. The number of hydrogen-bond donors (Lipinski definition) is 7. The summed E-state index contributed by atoms with van der Waals surface area (Å²) in [4.78, 5) is 18.2. The molecule has 8 rings (SSSR count). The third kappa shape index (κ3) is 13.6. The molecule has 3 aromatic heterocycles. The molecule has 0 bridgehead atoms. The van der Waals surface area contributed by atoms with E-state index in [-0.39, 0.29) is 97.2 Å². The predicted molar refractivity (Wildman–Crippen MR) is 295 cm³/mol. The first kappa shape index (κ1) is 60.4. The van der Waals surface area contributed by atoms with Crippen LogP contribution in [0.5, 0.6) is 17.4 Å². The fraction of sp³-hybridized carbons (Fsp3) is 0.200. The monoisotopic (exact) mass is 1260 g/mol. The average molecular weight is 1260 g/mol. The summed E-state index contributed by atoms with van der Waals surface area (Å²) in [6.07, 6.45) is -0.345. The Morgan fingerprint density at radius 2 is 1.38 bits per heavy atom. The minimum absolute atomic E-state index is 0.0156. The van der Waals surface area contributed by atoms with Crippen molar-refractivity contribution < 1.29 is 84.2 Å². The molecule has 1 amide bonds. The van der Waals surface area contributed by atoms with Gasteiger partial charge in [-0.2, -0.15) is 47.4 Å². The maximum absolute atomic E-state index is 12.7. The van der Waals surface area contributed by atoms with Gasteiger partial charge in [0.25, 0.3) is 50.6 Å². The number of pyridine rings is 1. The summed E-state index contributed by atoms with van der Waals surface area (Å²) >= 11 is 1.44. The van der Waals surface area contributed by atoms with Crippen LogP contribution in [0.2, 0.25) is 0 Å². The fourth-order valence-corrected chi connectivity index (χ4v) is 13.0. The van der Waals surface area contributed by atoms with Crippen LogP contribution in [-0.2, 0) is 55.4 Å². The molecule has 0 aliphatic heterocycles. The number of benzene rings is 5. The van der Waals surface area contributed by atoms with Gasteiger partial charge >= 0.3 is 0 Å². The number of para-hydroxylation sites is 2. The molecular weight excluding hydrogens is 1220 g/mol. The third-order valence-corrected chi connectivity index (χ3v) is 17.7. The van der Waals surface area contributed by atoms with Crippen molar-refractivity contribution in [2.75, 3.05) is 36.3 Å². The third-order valence-electron chi connectivity index (χ3n) is 11.4. The number of hydrogen-bond acceptors (Lipinski definition) is 25. The second-order valence-electron chi connectivity index (χ2n) is 17.1. The second-order valence-corrected chi connectivity index (χ2v) is 26.6. The lowest BCUT2D eigenvalue weighted by Crippen LogP contribution is -2.08. The summed E-state index contributed by atoms with van der Waals surface area (Å²) in [7, 11) is -23.4. The summed E-state index contributed by atoms with van der Waals surface area (Å²) in [6, 6.07) is 15.7. The summed E-state index contributed by atoms with van der Waals surface area (Å²) in [5.41, 5.74) is 0.113. The number of methoxy groups -OCH3 is 1. The normalized spacial score (nSPS) is 12.9. The lowest BCUT2D eigenvalue weighted by molar-refractivity contribution is -0.114. The van der Waals surface area contributed by atoms with Crippen molar-refractivity contribution in [2.45, 2.75) is 46.3 Å².